The largest absolute Gasteiger partial charge is 0.164 e. The third kappa shape index (κ3) is 5.06. The van der Waals surface area contributed by atoms with Crippen LogP contribution in [-0.2, 0) is 18.2 Å². The van der Waals surface area contributed by atoms with Crippen molar-refractivity contribution in [2.45, 2.75) is 86.5 Å². The number of hydrogen-bond donors (Lipinski definition) is 1. The molecule has 0 aromatic heterocycles. The van der Waals surface area contributed by atoms with E-state index in [0.717, 1.165) is 17.7 Å². The number of hydrogen-bond acceptors (Lipinski definition) is 3. The van der Waals surface area contributed by atoms with E-state index < -0.39 is 5.24 Å². The first-order valence-corrected chi connectivity index (χ1v) is 14.6. The van der Waals surface area contributed by atoms with Gasteiger partial charge in [0.15, 0.2) is 0 Å². The summed E-state index contributed by atoms with van der Waals surface area (Å²) in [5.41, 5.74) is 3.07. The predicted octanol–water partition coefficient (Wildman–Crippen LogP) is 7.28. The molecule has 4 heteroatoms. The lowest BCUT2D eigenvalue weighted by Gasteiger charge is -2.42. The quantitative estimate of drug-likeness (QED) is 0.304. The number of benzene rings is 1. The van der Waals surface area contributed by atoms with Gasteiger partial charge in [0, 0.05) is 5.24 Å². The second kappa shape index (κ2) is 9.49. The van der Waals surface area contributed by atoms with E-state index in [2.05, 4.69) is 41.7 Å². The molecule has 0 N–H and O–H groups in total. The summed E-state index contributed by atoms with van der Waals surface area (Å²) in [5, 5.41) is -1.39. The number of rotatable bonds is 6. The van der Waals surface area contributed by atoms with Gasteiger partial charge in [0.1, 0.15) is 0 Å². The Morgan fingerprint density at radius 2 is 1.42 bits per heavy atom. The average molecular weight is 399 g/mol. The van der Waals surface area contributed by atoms with Crippen molar-refractivity contribution in [2.24, 2.45) is 0 Å². The minimum Gasteiger partial charge on any atom is -0.164 e. The maximum absolute atomic E-state index is 6.56. The van der Waals surface area contributed by atoms with Gasteiger partial charge in [0.2, 0.25) is 0 Å². The van der Waals surface area contributed by atoms with Crippen molar-refractivity contribution < 1.29 is 0 Å². The van der Waals surface area contributed by atoms with Gasteiger partial charge >= 0.3 is 0 Å². The van der Waals surface area contributed by atoms with Gasteiger partial charge in [-0.15, -0.1) is 11.4 Å². The molecule has 0 aliphatic heterocycles. The first-order chi connectivity index (χ1) is 11.7. The molecule has 3 rings (SSSR count). The molecule has 1 aromatic carbocycles. The van der Waals surface area contributed by atoms with Gasteiger partial charge in [-0.25, -0.2) is 0 Å². The van der Waals surface area contributed by atoms with Crippen LogP contribution in [0.25, 0.3) is 0 Å². The van der Waals surface area contributed by atoms with Crippen molar-refractivity contribution in [3.8, 4) is 0 Å². The highest BCUT2D eigenvalue weighted by atomic mass is 32.9. The van der Waals surface area contributed by atoms with Gasteiger partial charge in [-0.2, -0.15) is 12.6 Å². The summed E-state index contributed by atoms with van der Waals surface area (Å²) < 4.78 is 0.363. The van der Waals surface area contributed by atoms with Crippen molar-refractivity contribution in [3.05, 3.63) is 35.9 Å². The minimum absolute atomic E-state index is 0.363. The van der Waals surface area contributed by atoms with Crippen LogP contribution >= 0.6 is 29.3 Å². The van der Waals surface area contributed by atoms with E-state index in [9.17, 15) is 0 Å². The smallest absolute Gasteiger partial charge is 0.0561 e. The van der Waals surface area contributed by atoms with Crippen LogP contribution in [0.1, 0.15) is 69.8 Å². The molecule has 0 unspecified atom stereocenters. The van der Waals surface area contributed by atoms with Crippen molar-refractivity contribution in [3.63, 3.8) is 0 Å². The fraction of sp³-hybridized carbons (Fsp3) is 0.700. The van der Waals surface area contributed by atoms with Gasteiger partial charge < -0.3 is 0 Å². The highest BCUT2D eigenvalue weighted by Crippen LogP contribution is 2.73. The molecular weight excluding hydrogens is 367 g/mol. The summed E-state index contributed by atoms with van der Waals surface area (Å²) >= 11 is 13.7. The highest BCUT2D eigenvalue weighted by molar-refractivity contribution is 8.72. The minimum atomic E-state index is -1.39. The predicted molar refractivity (Wildman–Crippen MR) is 119 cm³/mol. The Bertz CT molecular complexity index is 511. The molecule has 2 fully saturated rings. The summed E-state index contributed by atoms with van der Waals surface area (Å²) in [6.07, 6.45) is 15.1. The molecule has 1 aromatic rings. The lowest BCUT2D eigenvalue weighted by atomic mass is 10.00. The molecule has 0 saturated heterocycles. The molecule has 134 valence electrons. The normalized spacial score (nSPS) is 22.4. The summed E-state index contributed by atoms with van der Waals surface area (Å²) in [5.74, 6) is 0. The summed E-state index contributed by atoms with van der Waals surface area (Å²) in [6.45, 7) is 0. The van der Waals surface area contributed by atoms with E-state index in [0.29, 0.717) is 4.58 Å². The van der Waals surface area contributed by atoms with Crippen molar-refractivity contribution >= 4 is 41.1 Å². The first-order valence-electron chi connectivity index (χ1n) is 9.68. The fourth-order valence-corrected chi connectivity index (χ4v) is 16.2. The van der Waals surface area contributed by atoms with Gasteiger partial charge in [-0.1, -0.05) is 80.7 Å². The lowest BCUT2D eigenvalue weighted by molar-refractivity contribution is 0.488. The van der Waals surface area contributed by atoms with Gasteiger partial charge in [-0.3, -0.25) is 0 Å². The molecule has 2 saturated carbocycles. The standard InChI is InChI=1S/C20H31PS3/c22-20(16-17-10-4-1-5-11-17)24-21(23,18-12-6-2-7-13-18)19-14-8-3-9-15-19/h1,4-5,10-11,18-20,22H,2-3,6-9,12-16H2/t20-/m0/s1. The first kappa shape index (κ1) is 19.3. The second-order valence-electron chi connectivity index (χ2n) is 7.48. The summed E-state index contributed by atoms with van der Waals surface area (Å²) in [4.78, 5) is 0. The van der Waals surface area contributed by atoms with Crippen LogP contribution in [0.5, 0.6) is 0 Å². The van der Waals surface area contributed by atoms with Crippen LogP contribution in [0.2, 0.25) is 0 Å². The highest BCUT2D eigenvalue weighted by Gasteiger charge is 2.38. The molecule has 0 heterocycles. The third-order valence-electron chi connectivity index (χ3n) is 5.71. The Morgan fingerprint density at radius 1 is 0.917 bits per heavy atom. The molecule has 0 bridgehead atoms. The van der Waals surface area contributed by atoms with E-state index >= 15 is 0 Å². The Kier molecular flexibility index (Phi) is 7.65. The molecule has 0 spiro atoms. The zero-order valence-electron chi connectivity index (χ0n) is 14.6. The van der Waals surface area contributed by atoms with Crippen LogP contribution < -0.4 is 0 Å². The molecule has 1 atom stereocenters. The monoisotopic (exact) mass is 398 g/mol. The zero-order valence-corrected chi connectivity index (χ0v) is 18.0. The van der Waals surface area contributed by atoms with Crippen molar-refractivity contribution in [2.75, 3.05) is 0 Å². The topological polar surface area (TPSA) is 0 Å². The molecule has 24 heavy (non-hydrogen) atoms. The lowest BCUT2D eigenvalue weighted by Crippen LogP contribution is -2.22. The molecule has 0 radical (unpaired) electrons. The Labute approximate surface area is 163 Å². The van der Waals surface area contributed by atoms with Gasteiger partial charge in [0.05, 0.1) is 4.58 Å². The van der Waals surface area contributed by atoms with Crippen molar-refractivity contribution in [1.29, 1.82) is 0 Å². The fourth-order valence-electron chi connectivity index (χ4n) is 4.40. The van der Waals surface area contributed by atoms with Gasteiger partial charge in [0.25, 0.3) is 0 Å². The number of thiol groups is 1. The molecule has 2 aliphatic carbocycles. The maximum Gasteiger partial charge on any atom is 0.0561 e. The van der Waals surface area contributed by atoms with Gasteiger partial charge in [-0.05, 0) is 49.0 Å². The van der Waals surface area contributed by atoms with E-state index in [1.165, 1.54) is 69.8 Å². The zero-order chi connectivity index (χ0) is 16.8. The third-order valence-corrected chi connectivity index (χ3v) is 16.6. The Morgan fingerprint density at radius 3 is 1.92 bits per heavy atom. The van der Waals surface area contributed by atoms with E-state index in [1.54, 1.807) is 0 Å². The Hall–Kier alpha value is 0.570. The van der Waals surface area contributed by atoms with Crippen LogP contribution in [0, 0.1) is 0 Å². The summed E-state index contributed by atoms with van der Waals surface area (Å²) in [6, 6.07) is 10.8. The van der Waals surface area contributed by atoms with Crippen molar-refractivity contribution in [1.82, 2.24) is 0 Å². The molecule has 0 nitrogen and oxygen atoms in total. The summed E-state index contributed by atoms with van der Waals surface area (Å²) in [7, 11) is 0. The molecular formula is C20H31PS3. The maximum atomic E-state index is 6.56. The Balaban J connectivity index is 1.72. The van der Waals surface area contributed by atoms with Crippen LogP contribution in [0.3, 0.4) is 0 Å². The molecule has 0 amide bonds. The van der Waals surface area contributed by atoms with Crippen LogP contribution in [0.15, 0.2) is 30.3 Å². The van der Waals surface area contributed by atoms with Crippen LogP contribution in [-0.4, -0.2) is 15.9 Å². The SMILES string of the molecule is S=P(S[C@H](S)Cc1ccccc1)(C1CCCCC1)C1CCCCC1. The van der Waals surface area contributed by atoms with E-state index in [-0.39, 0.29) is 0 Å². The second-order valence-corrected chi connectivity index (χ2v) is 16.9. The average Bonchev–Trinajstić information content (AvgIpc) is 2.64. The molecule has 2 aliphatic rings. The van der Waals surface area contributed by atoms with E-state index in [1.807, 2.05) is 0 Å². The van der Waals surface area contributed by atoms with E-state index in [4.69, 9.17) is 24.4 Å². The van der Waals surface area contributed by atoms with Crippen LogP contribution in [0.4, 0.5) is 0 Å².